The quantitative estimate of drug-likeness (QED) is 0.852. The molecule has 0 unspecified atom stereocenters. The van der Waals surface area contributed by atoms with E-state index >= 15 is 0 Å². The number of hydrogen-bond donors (Lipinski definition) is 0. The summed E-state index contributed by atoms with van der Waals surface area (Å²) in [7, 11) is 1.81. The van der Waals surface area contributed by atoms with Crippen LogP contribution < -0.4 is 4.90 Å². The molecule has 0 radical (unpaired) electrons. The molecule has 0 saturated heterocycles. The Morgan fingerprint density at radius 2 is 2.28 bits per heavy atom. The molecule has 0 saturated carbocycles. The summed E-state index contributed by atoms with van der Waals surface area (Å²) in [6.45, 7) is 2.49. The largest absolute Gasteiger partial charge is 0.365 e. The van der Waals surface area contributed by atoms with Crippen molar-refractivity contribution in [3.05, 3.63) is 45.7 Å². The van der Waals surface area contributed by atoms with E-state index in [1.807, 2.05) is 18.4 Å². The van der Waals surface area contributed by atoms with Crippen LogP contribution in [-0.2, 0) is 6.54 Å². The SMILES string of the molecule is Cc1csc(CN(C)c2ccc(C#N)cc2F)n1. The van der Waals surface area contributed by atoms with Crippen LogP contribution in [0, 0.1) is 24.1 Å². The highest BCUT2D eigenvalue weighted by molar-refractivity contribution is 7.09. The van der Waals surface area contributed by atoms with E-state index in [9.17, 15) is 4.39 Å². The van der Waals surface area contributed by atoms with Gasteiger partial charge in [-0.05, 0) is 25.1 Å². The van der Waals surface area contributed by atoms with Crippen LogP contribution in [0.5, 0.6) is 0 Å². The number of halogens is 1. The lowest BCUT2D eigenvalue weighted by Gasteiger charge is -2.18. The van der Waals surface area contributed by atoms with E-state index < -0.39 is 0 Å². The molecule has 0 aliphatic carbocycles. The third-order valence-electron chi connectivity index (χ3n) is 2.53. The Morgan fingerprint density at radius 3 is 2.83 bits per heavy atom. The number of thiazole rings is 1. The van der Waals surface area contributed by atoms with E-state index in [4.69, 9.17) is 5.26 Å². The molecule has 1 aromatic heterocycles. The van der Waals surface area contributed by atoms with Crippen LogP contribution in [0.1, 0.15) is 16.3 Å². The minimum Gasteiger partial charge on any atom is -0.365 e. The minimum absolute atomic E-state index is 0.328. The molecule has 0 atom stereocenters. The van der Waals surface area contributed by atoms with Crippen LogP contribution in [0.15, 0.2) is 23.6 Å². The number of benzene rings is 1. The molecule has 1 aromatic carbocycles. The van der Waals surface area contributed by atoms with Crippen molar-refractivity contribution in [3.63, 3.8) is 0 Å². The van der Waals surface area contributed by atoms with Gasteiger partial charge >= 0.3 is 0 Å². The number of rotatable bonds is 3. The fourth-order valence-corrected chi connectivity index (χ4v) is 2.47. The number of aromatic nitrogens is 1. The second kappa shape index (κ2) is 5.15. The predicted molar refractivity (Wildman–Crippen MR) is 70.1 cm³/mol. The van der Waals surface area contributed by atoms with Crippen molar-refractivity contribution >= 4 is 17.0 Å². The first kappa shape index (κ1) is 12.5. The molecule has 2 rings (SSSR count). The van der Waals surface area contributed by atoms with Gasteiger partial charge in [-0.3, -0.25) is 0 Å². The summed E-state index contributed by atoms with van der Waals surface area (Å²) < 4.78 is 13.8. The van der Waals surface area contributed by atoms with Gasteiger partial charge < -0.3 is 4.90 Å². The normalized spacial score (nSPS) is 10.1. The van der Waals surface area contributed by atoms with E-state index in [-0.39, 0.29) is 5.82 Å². The van der Waals surface area contributed by atoms with E-state index in [0.29, 0.717) is 17.8 Å². The van der Waals surface area contributed by atoms with Crippen molar-refractivity contribution in [2.45, 2.75) is 13.5 Å². The maximum Gasteiger partial charge on any atom is 0.147 e. The van der Waals surface area contributed by atoms with Crippen LogP contribution in [0.25, 0.3) is 0 Å². The average molecular weight is 261 g/mol. The first-order valence-corrected chi connectivity index (χ1v) is 6.30. The Kier molecular flexibility index (Phi) is 3.58. The van der Waals surface area contributed by atoms with Gasteiger partial charge in [0.1, 0.15) is 10.8 Å². The molecule has 0 N–H and O–H groups in total. The zero-order valence-electron chi connectivity index (χ0n) is 10.1. The standard InChI is InChI=1S/C13H12FN3S/c1-9-8-18-13(16-9)7-17(2)12-4-3-10(6-15)5-11(12)14/h3-5,8H,7H2,1-2H3. The Balaban J connectivity index is 2.19. The first-order valence-electron chi connectivity index (χ1n) is 5.42. The zero-order chi connectivity index (χ0) is 13.1. The summed E-state index contributed by atoms with van der Waals surface area (Å²) in [6.07, 6.45) is 0. The molecular formula is C13H12FN3S. The first-order chi connectivity index (χ1) is 8.60. The highest BCUT2D eigenvalue weighted by Gasteiger charge is 2.10. The van der Waals surface area contributed by atoms with E-state index in [1.165, 1.54) is 6.07 Å². The number of nitriles is 1. The predicted octanol–water partition coefficient (Wildman–Crippen LogP) is 3.10. The third kappa shape index (κ3) is 2.66. The lowest BCUT2D eigenvalue weighted by Crippen LogP contribution is -2.17. The number of nitrogens with zero attached hydrogens (tertiary/aromatic N) is 3. The molecule has 0 fully saturated rings. The minimum atomic E-state index is -0.384. The van der Waals surface area contributed by atoms with Gasteiger partial charge in [0.2, 0.25) is 0 Å². The zero-order valence-corrected chi connectivity index (χ0v) is 11.0. The summed E-state index contributed by atoms with van der Waals surface area (Å²) in [6, 6.07) is 6.40. The van der Waals surface area contributed by atoms with E-state index in [0.717, 1.165) is 10.7 Å². The monoisotopic (exact) mass is 261 g/mol. The van der Waals surface area contributed by atoms with Crippen LogP contribution in [0.4, 0.5) is 10.1 Å². The highest BCUT2D eigenvalue weighted by atomic mass is 32.1. The molecule has 0 aliphatic heterocycles. The summed E-state index contributed by atoms with van der Waals surface area (Å²) in [5.41, 5.74) is 1.78. The molecular weight excluding hydrogens is 249 g/mol. The molecule has 0 spiro atoms. The molecule has 0 aliphatic rings. The molecule has 0 bridgehead atoms. The second-order valence-corrected chi connectivity index (χ2v) is 4.96. The fraction of sp³-hybridized carbons (Fsp3) is 0.231. The van der Waals surface area contributed by atoms with Crippen LogP contribution in [0.2, 0.25) is 0 Å². The van der Waals surface area contributed by atoms with Crippen LogP contribution in [-0.4, -0.2) is 12.0 Å². The number of anilines is 1. The van der Waals surface area contributed by atoms with Crippen molar-refractivity contribution < 1.29 is 4.39 Å². The van der Waals surface area contributed by atoms with Gasteiger partial charge in [0.25, 0.3) is 0 Å². The summed E-state index contributed by atoms with van der Waals surface area (Å²) in [5, 5.41) is 11.6. The highest BCUT2D eigenvalue weighted by Crippen LogP contribution is 2.22. The fourth-order valence-electron chi connectivity index (χ4n) is 1.65. The number of aryl methyl sites for hydroxylation is 1. The molecule has 3 nitrogen and oxygen atoms in total. The molecule has 92 valence electrons. The van der Waals surface area contributed by atoms with Crippen molar-refractivity contribution in [2.75, 3.05) is 11.9 Å². The average Bonchev–Trinajstić information content (AvgIpc) is 2.74. The summed E-state index contributed by atoms with van der Waals surface area (Å²) >= 11 is 1.56. The third-order valence-corrected chi connectivity index (χ3v) is 3.48. The second-order valence-electron chi connectivity index (χ2n) is 4.02. The molecule has 18 heavy (non-hydrogen) atoms. The topological polar surface area (TPSA) is 39.9 Å². The van der Waals surface area contributed by atoms with Crippen LogP contribution >= 0.6 is 11.3 Å². The van der Waals surface area contributed by atoms with Gasteiger partial charge in [-0.1, -0.05) is 0 Å². The van der Waals surface area contributed by atoms with Crippen molar-refractivity contribution in [3.8, 4) is 6.07 Å². The Morgan fingerprint density at radius 1 is 1.50 bits per heavy atom. The Bertz CT molecular complexity index is 601. The lowest BCUT2D eigenvalue weighted by molar-refractivity contribution is 0.621. The molecule has 5 heteroatoms. The Labute approximate surface area is 109 Å². The van der Waals surface area contributed by atoms with Gasteiger partial charge in [-0.15, -0.1) is 11.3 Å². The van der Waals surface area contributed by atoms with Gasteiger partial charge in [0.05, 0.1) is 23.9 Å². The van der Waals surface area contributed by atoms with Crippen molar-refractivity contribution in [1.82, 2.24) is 4.98 Å². The Hall–Kier alpha value is -1.93. The summed E-state index contributed by atoms with van der Waals surface area (Å²) in [4.78, 5) is 6.13. The van der Waals surface area contributed by atoms with Crippen molar-refractivity contribution in [2.24, 2.45) is 0 Å². The van der Waals surface area contributed by atoms with Gasteiger partial charge in [0, 0.05) is 18.1 Å². The molecule has 2 aromatic rings. The lowest BCUT2D eigenvalue weighted by atomic mass is 10.2. The van der Waals surface area contributed by atoms with E-state index in [1.54, 1.807) is 35.4 Å². The van der Waals surface area contributed by atoms with Crippen molar-refractivity contribution in [1.29, 1.82) is 5.26 Å². The summed E-state index contributed by atoms with van der Waals surface area (Å²) in [5.74, 6) is -0.384. The molecule has 1 heterocycles. The van der Waals surface area contributed by atoms with Gasteiger partial charge in [0.15, 0.2) is 0 Å². The maximum atomic E-state index is 13.8. The molecule has 0 amide bonds. The van der Waals surface area contributed by atoms with Crippen LogP contribution in [0.3, 0.4) is 0 Å². The van der Waals surface area contributed by atoms with Gasteiger partial charge in [-0.25, -0.2) is 9.37 Å². The van der Waals surface area contributed by atoms with E-state index in [2.05, 4.69) is 4.98 Å². The smallest absolute Gasteiger partial charge is 0.147 e. The maximum absolute atomic E-state index is 13.8. The van der Waals surface area contributed by atoms with Gasteiger partial charge in [-0.2, -0.15) is 5.26 Å². The number of hydrogen-bond acceptors (Lipinski definition) is 4.